The van der Waals surface area contributed by atoms with Crippen LogP contribution in [-0.2, 0) is 17.9 Å². The number of hydrogen-bond acceptors (Lipinski definition) is 5. The molecule has 0 saturated carbocycles. The lowest BCUT2D eigenvalue weighted by molar-refractivity contribution is 0.0203. The summed E-state index contributed by atoms with van der Waals surface area (Å²) >= 11 is 3.34. The minimum absolute atomic E-state index is 0.0381. The summed E-state index contributed by atoms with van der Waals surface area (Å²) in [6, 6.07) is 10.0. The monoisotopic (exact) mass is 391 g/mol. The van der Waals surface area contributed by atoms with E-state index < -0.39 is 0 Å². The first-order valence-corrected chi connectivity index (χ1v) is 8.69. The van der Waals surface area contributed by atoms with Gasteiger partial charge in [0, 0.05) is 6.20 Å². The number of anilines is 1. The third-order valence-corrected chi connectivity index (χ3v) is 4.89. The molecule has 1 N–H and O–H groups in total. The summed E-state index contributed by atoms with van der Waals surface area (Å²) in [4.78, 5) is 12.6. The molecule has 1 saturated heterocycles. The van der Waals surface area contributed by atoms with Gasteiger partial charge in [0.1, 0.15) is 12.8 Å². The van der Waals surface area contributed by atoms with Gasteiger partial charge in [-0.15, -0.1) is 0 Å². The van der Waals surface area contributed by atoms with Gasteiger partial charge >= 0.3 is 0 Å². The number of fused-ring (bicyclic) bond motifs is 2. The fraction of sp³-hybridized carbons (Fsp3) is 0.353. The summed E-state index contributed by atoms with van der Waals surface area (Å²) in [5.41, 5.74) is 4.17. The Morgan fingerprint density at radius 2 is 2.17 bits per heavy atom. The number of benzene rings is 1. The average Bonchev–Trinajstić information content (AvgIpc) is 2.95. The van der Waals surface area contributed by atoms with Crippen LogP contribution in [0.2, 0.25) is 0 Å². The van der Waals surface area contributed by atoms with E-state index in [1.165, 1.54) is 0 Å². The Bertz CT molecular complexity index is 809. The normalized spacial score (nSPS) is 22.6. The van der Waals surface area contributed by atoms with E-state index in [1.807, 2.05) is 39.9 Å². The molecule has 2 unspecified atom stereocenters. The van der Waals surface area contributed by atoms with Crippen molar-refractivity contribution in [3.63, 3.8) is 0 Å². The molecule has 0 spiro atoms. The first-order chi connectivity index (χ1) is 11.6. The van der Waals surface area contributed by atoms with Gasteiger partial charge in [-0.3, -0.25) is 10.2 Å². The second-order valence-electron chi connectivity index (χ2n) is 6.07. The van der Waals surface area contributed by atoms with Crippen molar-refractivity contribution in [2.75, 3.05) is 12.0 Å². The molecule has 126 valence electrons. The maximum atomic E-state index is 12.6. The fourth-order valence-corrected chi connectivity index (χ4v) is 3.46. The highest BCUT2D eigenvalue weighted by molar-refractivity contribution is 9.10. The smallest absolute Gasteiger partial charge is 0.239 e. The van der Waals surface area contributed by atoms with Gasteiger partial charge in [-0.2, -0.15) is 5.01 Å². The SMILES string of the molecule is CC1COC2Cn3cc(Br)c(=O)c(OCc4ccccc4)c3NN12. The Kier molecular flexibility index (Phi) is 4.07. The van der Waals surface area contributed by atoms with Crippen molar-refractivity contribution >= 4 is 21.7 Å². The molecule has 0 amide bonds. The van der Waals surface area contributed by atoms with E-state index in [2.05, 4.69) is 28.3 Å². The van der Waals surface area contributed by atoms with Gasteiger partial charge in [0.25, 0.3) is 0 Å². The van der Waals surface area contributed by atoms with Crippen LogP contribution in [0.5, 0.6) is 5.75 Å². The molecule has 2 aromatic rings. The predicted octanol–water partition coefficient (Wildman–Crippen LogP) is 2.58. The molecule has 2 atom stereocenters. The molecule has 0 radical (unpaired) electrons. The number of halogens is 1. The first kappa shape index (κ1) is 15.7. The highest BCUT2D eigenvalue weighted by Crippen LogP contribution is 2.32. The summed E-state index contributed by atoms with van der Waals surface area (Å²) in [5.74, 6) is 0.999. The van der Waals surface area contributed by atoms with Gasteiger partial charge in [-0.25, -0.2) is 0 Å². The molecule has 24 heavy (non-hydrogen) atoms. The van der Waals surface area contributed by atoms with Crippen LogP contribution in [0.25, 0.3) is 0 Å². The largest absolute Gasteiger partial charge is 0.481 e. The number of hydrogen-bond donors (Lipinski definition) is 1. The van der Waals surface area contributed by atoms with Crippen molar-refractivity contribution in [3.8, 4) is 5.75 Å². The number of hydrazine groups is 1. The molecule has 2 aliphatic heterocycles. The molecule has 2 aliphatic rings. The lowest BCUT2D eigenvalue weighted by Crippen LogP contribution is -2.47. The molecule has 1 fully saturated rings. The minimum Gasteiger partial charge on any atom is -0.481 e. The van der Waals surface area contributed by atoms with Crippen molar-refractivity contribution in [2.24, 2.45) is 0 Å². The fourth-order valence-electron chi connectivity index (χ4n) is 3.04. The van der Waals surface area contributed by atoms with E-state index >= 15 is 0 Å². The number of rotatable bonds is 3. The average molecular weight is 392 g/mol. The number of pyridine rings is 1. The Labute approximate surface area is 148 Å². The van der Waals surface area contributed by atoms with Crippen LogP contribution in [0.1, 0.15) is 12.5 Å². The maximum Gasteiger partial charge on any atom is 0.239 e. The maximum absolute atomic E-state index is 12.6. The summed E-state index contributed by atoms with van der Waals surface area (Å²) in [6.07, 6.45) is 1.74. The highest BCUT2D eigenvalue weighted by atomic mass is 79.9. The second kappa shape index (κ2) is 6.23. The zero-order chi connectivity index (χ0) is 16.7. The zero-order valence-corrected chi connectivity index (χ0v) is 14.8. The van der Waals surface area contributed by atoms with E-state index in [1.54, 1.807) is 6.20 Å². The van der Waals surface area contributed by atoms with Gasteiger partial charge in [0.2, 0.25) is 11.2 Å². The first-order valence-electron chi connectivity index (χ1n) is 7.90. The lowest BCUT2D eigenvalue weighted by atomic mass is 10.2. The number of ether oxygens (including phenoxy) is 2. The van der Waals surface area contributed by atoms with Crippen molar-refractivity contribution in [3.05, 3.63) is 56.8 Å². The zero-order valence-electron chi connectivity index (χ0n) is 13.2. The van der Waals surface area contributed by atoms with Crippen LogP contribution < -0.4 is 15.6 Å². The van der Waals surface area contributed by atoms with Crippen molar-refractivity contribution < 1.29 is 9.47 Å². The van der Waals surface area contributed by atoms with Gasteiger partial charge in [-0.1, -0.05) is 30.3 Å². The Balaban J connectivity index is 1.68. The predicted molar refractivity (Wildman–Crippen MR) is 93.8 cm³/mol. The third-order valence-electron chi connectivity index (χ3n) is 4.32. The van der Waals surface area contributed by atoms with Crippen LogP contribution in [-0.4, -0.2) is 28.5 Å². The molecule has 0 aliphatic carbocycles. The quantitative estimate of drug-likeness (QED) is 0.871. The van der Waals surface area contributed by atoms with Crippen LogP contribution in [0.15, 0.2) is 45.8 Å². The molecule has 1 aromatic heterocycles. The van der Waals surface area contributed by atoms with E-state index in [4.69, 9.17) is 9.47 Å². The van der Waals surface area contributed by atoms with E-state index in [0.717, 1.165) is 5.56 Å². The topological polar surface area (TPSA) is 55.7 Å². The molecule has 6 nitrogen and oxygen atoms in total. The third kappa shape index (κ3) is 2.72. The minimum atomic E-state index is -0.157. The second-order valence-corrected chi connectivity index (χ2v) is 6.92. The molecule has 3 heterocycles. The van der Waals surface area contributed by atoms with Gasteiger partial charge in [0.05, 0.1) is 23.7 Å². The summed E-state index contributed by atoms with van der Waals surface area (Å²) < 4.78 is 14.1. The van der Waals surface area contributed by atoms with Gasteiger partial charge in [0.15, 0.2) is 5.82 Å². The van der Waals surface area contributed by atoms with Gasteiger partial charge < -0.3 is 14.0 Å². The number of nitrogens with one attached hydrogen (secondary N) is 1. The van der Waals surface area contributed by atoms with E-state index in [0.29, 0.717) is 35.8 Å². The standard InChI is InChI=1S/C17H18BrN3O3/c1-11-9-23-14-8-20-7-13(18)15(22)16(17(20)19-21(11)14)24-10-12-5-3-2-4-6-12/h2-7,11,14,19H,8-10H2,1H3. The van der Waals surface area contributed by atoms with Crippen molar-refractivity contribution in [1.82, 2.24) is 9.58 Å². The Hall–Kier alpha value is -1.83. The number of aromatic nitrogens is 1. The summed E-state index contributed by atoms with van der Waals surface area (Å²) in [7, 11) is 0. The van der Waals surface area contributed by atoms with Crippen molar-refractivity contribution in [1.29, 1.82) is 0 Å². The molecule has 0 bridgehead atoms. The van der Waals surface area contributed by atoms with Gasteiger partial charge in [-0.05, 0) is 28.4 Å². The molecule has 7 heteroatoms. The van der Waals surface area contributed by atoms with E-state index in [-0.39, 0.29) is 17.7 Å². The lowest BCUT2D eigenvalue weighted by Gasteiger charge is -2.35. The van der Waals surface area contributed by atoms with Crippen LogP contribution in [0, 0.1) is 0 Å². The van der Waals surface area contributed by atoms with Crippen LogP contribution >= 0.6 is 15.9 Å². The van der Waals surface area contributed by atoms with E-state index in [9.17, 15) is 4.79 Å². The molecular formula is C17H18BrN3O3. The number of nitrogens with zero attached hydrogens (tertiary/aromatic N) is 2. The van der Waals surface area contributed by atoms with Crippen LogP contribution in [0.3, 0.4) is 0 Å². The molecule has 1 aromatic carbocycles. The summed E-state index contributed by atoms with van der Waals surface area (Å²) in [5, 5.41) is 2.04. The Morgan fingerprint density at radius 3 is 2.96 bits per heavy atom. The summed E-state index contributed by atoms with van der Waals surface area (Å²) in [6.45, 7) is 3.74. The molecule has 4 rings (SSSR count). The van der Waals surface area contributed by atoms with Crippen LogP contribution in [0.4, 0.5) is 5.82 Å². The van der Waals surface area contributed by atoms with Crippen molar-refractivity contribution in [2.45, 2.75) is 32.3 Å². The Morgan fingerprint density at radius 1 is 1.38 bits per heavy atom. The highest BCUT2D eigenvalue weighted by Gasteiger charge is 2.37. The molecular weight excluding hydrogens is 374 g/mol.